The van der Waals surface area contributed by atoms with E-state index in [2.05, 4.69) is 5.32 Å². The average Bonchev–Trinajstić information content (AvgIpc) is 3.60. The number of fused-ring (bicyclic) bond motifs is 1. The molecule has 0 unspecified atom stereocenters. The second-order valence-corrected chi connectivity index (χ2v) is 10.9. The van der Waals surface area contributed by atoms with Crippen LogP contribution >= 0.6 is 0 Å². The fourth-order valence-corrected chi connectivity index (χ4v) is 6.13. The Morgan fingerprint density at radius 3 is 2.38 bits per heavy atom. The van der Waals surface area contributed by atoms with E-state index in [4.69, 9.17) is 28.4 Å². The third-order valence-electron chi connectivity index (χ3n) is 7.75. The molecule has 0 amide bonds. The predicted octanol–water partition coefficient (Wildman–Crippen LogP) is 3.43. The van der Waals surface area contributed by atoms with E-state index in [1.165, 1.54) is 18.2 Å². The summed E-state index contributed by atoms with van der Waals surface area (Å²) in [6.07, 6.45) is -3.05. The number of hydrogen-bond acceptors (Lipinski definition) is 11. The van der Waals surface area contributed by atoms with Crippen LogP contribution in [0.5, 0.6) is 0 Å². The Kier molecular flexibility index (Phi) is 8.90. The minimum atomic E-state index is -1.02. The first kappa shape index (κ1) is 30.1. The van der Waals surface area contributed by atoms with Crippen molar-refractivity contribution in [3.05, 3.63) is 75.8 Å². The van der Waals surface area contributed by atoms with E-state index in [1.807, 2.05) is 30.3 Å². The molecule has 0 spiro atoms. The molecule has 42 heavy (non-hydrogen) atoms. The van der Waals surface area contributed by atoms with Gasteiger partial charge in [-0.15, -0.1) is 0 Å². The average molecular weight is 585 g/mol. The van der Waals surface area contributed by atoms with Crippen molar-refractivity contribution in [2.24, 2.45) is 11.8 Å². The van der Waals surface area contributed by atoms with Crippen molar-refractivity contribution in [2.45, 2.75) is 76.8 Å². The van der Waals surface area contributed by atoms with Crippen LogP contribution in [-0.4, -0.2) is 66.5 Å². The number of non-ortho nitro benzene ring substituents is 1. The van der Waals surface area contributed by atoms with Gasteiger partial charge in [0.05, 0.1) is 36.8 Å². The zero-order valence-corrected chi connectivity index (χ0v) is 24.0. The molecule has 2 aromatic rings. The van der Waals surface area contributed by atoms with Crippen molar-refractivity contribution in [1.82, 2.24) is 5.32 Å². The molecule has 2 aromatic carbocycles. The number of ether oxygens (including phenoxy) is 6. The molecule has 3 aliphatic heterocycles. The fourth-order valence-electron chi connectivity index (χ4n) is 6.13. The number of carbonyl (C=O) groups excluding carboxylic acids is 2. The van der Waals surface area contributed by atoms with E-state index in [-0.39, 0.29) is 25.5 Å². The quantitative estimate of drug-likeness (QED) is 0.249. The monoisotopic (exact) mass is 584 g/mol. The van der Waals surface area contributed by atoms with Crippen LogP contribution in [0.3, 0.4) is 0 Å². The van der Waals surface area contributed by atoms with Gasteiger partial charge in [-0.3, -0.25) is 25.0 Å². The second kappa shape index (κ2) is 12.4. The number of rotatable bonds is 10. The molecule has 0 bridgehead atoms. The van der Waals surface area contributed by atoms with Crippen LogP contribution < -0.4 is 5.32 Å². The molecule has 1 N–H and O–H groups in total. The summed E-state index contributed by atoms with van der Waals surface area (Å²) < 4.78 is 36.0. The van der Waals surface area contributed by atoms with Gasteiger partial charge in [-0.1, -0.05) is 42.5 Å². The highest BCUT2D eigenvalue weighted by Crippen LogP contribution is 2.48. The summed E-state index contributed by atoms with van der Waals surface area (Å²) in [6.45, 7) is 7.36. The van der Waals surface area contributed by atoms with E-state index in [0.717, 1.165) is 5.56 Å². The summed E-state index contributed by atoms with van der Waals surface area (Å²) in [5.41, 5.74) is 1.22. The summed E-state index contributed by atoms with van der Waals surface area (Å²) in [4.78, 5) is 38.1. The van der Waals surface area contributed by atoms with Gasteiger partial charge in [0.2, 0.25) is 0 Å². The molecule has 3 heterocycles. The highest BCUT2D eigenvalue weighted by Gasteiger charge is 2.63. The van der Waals surface area contributed by atoms with Crippen molar-refractivity contribution in [3.63, 3.8) is 0 Å². The minimum Gasteiger partial charge on any atom is -0.466 e. The molecule has 12 heteroatoms. The summed E-state index contributed by atoms with van der Waals surface area (Å²) in [7, 11) is 0. The maximum absolute atomic E-state index is 13.7. The van der Waals surface area contributed by atoms with Crippen LogP contribution in [0.1, 0.15) is 44.9 Å². The molecule has 0 aromatic heterocycles. The number of benzene rings is 2. The Morgan fingerprint density at radius 2 is 1.69 bits per heavy atom. The Balaban J connectivity index is 1.56. The molecule has 8 atom stereocenters. The number of nitro groups is 1. The Bertz CT molecular complexity index is 1290. The topological polar surface area (TPSA) is 145 Å². The van der Waals surface area contributed by atoms with E-state index in [1.54, 1.807) is 33.8 Å². The normalized spacial score (nSPS) is 31.4. The lowest BCUT2D eigenvalue weighted by molar-refractivity contribution is -0.384. The van der Waals surface area contributed by atoms with Crippen molar-refractivity contribution in [1.29, 1.82) is 0 Å². The largest absolute Gasteiger partial charge is 0.466 e. The molecule has 5 rings (SSSR count). The summed E-state index contributed by atoms with van der Waals surface area (Å²) >= 11 is 0. The van der Waals surface area contributed by atoms with Crippen LogP contribution in [-0.2, 0) is 44.6 Å². The molecule has 226 valence electrons. The van der Waals surface area contributed by atoms with Gasteiger partial charge < -0.3 is 28.4 Å². The molecule has 0 aliphatic carbocycles. The Hall–Kier alpha value is -3.42. The maximum Gasteiger partial charge on any atom is 0.323 e. The van der Waals surface area contributed by atoms with Gasteiger partial charge >= 0.3 is 11.9 Å². The SMILES string of the molecule is CCOC(=O)[C@H]1[C@H]([C@@H]2O[C@@H]3OC(C)(C)O[C@@H]3[C@H]2OCc2ccccc2)[C@@H](C(=O)OCC)N[C@H]1c1cccc([N+](=O)[O-])c1. The Labute approximate surface area is 243 Å². The molecule has 0 radical (unpaired) electrons. The van der Waals surface area contributed by atoms with Crippen LogP contribution in [0.15, 0.2) is 54.6 Å². The first-order valence-corrected chi connectivity index (χ1v) is 14.1. The zero-order valence-electron chi connectivity index (χ0n) is 24.0. The van der Waals surface area contributed by atoms with Gasteiger partial charge in [0.25, 0.3) is 5.69 Å². The van der Waals surface area contributed by atoms with Gasteiger partial charge in [-0.25, -0.2) is 0 Å². The second-order valence-electron chi connectivity index (χ2n) is 10.9. The number of nitro benzene ring substituents is 1. The summed E-state index contributed by atoms with van der Waals surface area (Å²) in [5, 5.41) is 14.8. The number of esters is 2. The van der Waals surface area contributed by atoms with Gasteiger partial charge in [0, 0.05) is 24.1 Å². The van der Waals surface area contributed by atoms with Gasteiger partial charge in [0.1, 0.15) is 18.2 Å². The van der Waals surface area contributed by atoms with Crippen molar-refractivity contribution < 1.29 is 42.9 Å². The van der Waals surface area contributed by atoms with Crippen molar-refractivity contribution in [3.8, 4) is 0 Å². The van der Waals surface area contributed by atoms with E-state index < -0.39 is 71.2 Å². The molecule has 12 nitrogen and oxygen atoms in total. The Morgan fingerprint density at radius 1 is 0.976 bits per heavy atom. The number of nitrogens with zero attached hydrogens (tertiary/aromatic N) is 1. The summed E-state index contributed by atoms with van der Waals surface area (Å²) in [5.74, 6) is -3.94. The highest BCUT2D eigenvalue weighted by molar-refractivity contribution is 5.82. The molecular weight excluding hydrogens is 548 g/mol. The standard InChI is InChI=1S/C30H36N2O10/c1-5-37-27(33)21-20(23(28(34)38-6-2)31-22(21)18-13-10-14-19(15-18)32(35)36)24-25(39-16-17-11-8-7-9-12-17)26-29(40-24)42-30(3,4)41-26/h7-15,20-26,29,31H,5-6,16H2,1-4H3/t20-,21-,22-,23-,24-,25-,26+,29+/m0/s1. The van der Waals surface area contributed by atoms with Gasteiger partial charge in [0.15, 0.2) is 12.1 Å². The van der Waals surface area contributed by atoms with Crippen LogP contribution in [0, 0.1) is 22.0 Å². The molecule has 3 aliphatic rings. The lowest BCUT2D eigenvalue weighted by Gasteiger charge is -2.33. The molecule has 3 fully saturated rings. The highest BCUT2D eigenvalue weighted by atomic mass is 16.8. The molecular formula is C30H36N2O10. The summed E-state index contributed by atoms with van der Waals surface area (Å²) in [6, 6.07) is 13.7. The lowest BCUT2D eigenvalue weighted by Crippen LogP contribution is -2.49. The van der Waals surface area contributed by atoms with Crippen LogP contribution in [0.4, 0.5) is 5.69 Å². The van der Waals surface area contributed by atoms with Gasteiger partial charge in [-0.2, -0.15) is 0 Å². The van der Waals surface area contributed by atoms with Crippen LogP contribution in [0.25, 0.3) is 0 Å². The smallest absolute Gasteiger partial charge is 0.323 e. The first-order valence-electron chi connectivity index (χ1n) is 14.1. The third kappa shape index (κ3) is 6.04. The minimum absolute atomic E-state index is 0.0961. The van der Waals surface area contributed by atoms with E-state index in [9.17, 15) is 19.7 Å². The predicted molar refractivity (Wildman–Crippen MR) is 147 cm³/mol. The zero-order chi connectivity index (χ0) is 30.0. The fraction of sp³-hybridized carbons (Fsp3) is 0.533. The molecule has 3 saturated heterocycles. The maximum atomic E-state index is 13.7. The van der Waals surface area contributed by atoms with E-state index in [0.29, 0.717) is 5.56 Å². The van der Waals surface area contributed by atoms with Crippen molar-refractivity contribution in [2.75, 3.05) is 13.2 Å². The first-order chi connectivity index (χ1) is 20.1. The number of nitrogens with one attached hydrogen (secondary N) is 1. The third-order valence-corrected chi connectivity index (χ3v) is 7.75. The lowest BCUT2D eigenvalue weighted by atomic mass is 9.79. The number of hydrogen-bond donors (Lipinski definition) is 1. The van der Waals surface area contributed by atoms with E-state index >= 15 is 0 Å². The van der Waals surface area contributed by atoms with Crippen molar-refractivity contribution >= 4 is 17.6 Å². The number of carbonyl (C=O) groups is 2. The van der Waals surface area contributed by atoms with Crippen LogP contribution in [0.2, 0.25) is 0 Å². The molecule has 0 saturated carbocycles. The van der Waals surface area contributed by atoms with Gasteiger partial charge in [-0.05, 0) is 38.8 Å².